The first kappa shape index (κ1) is 22.7. The average Bonchev–Trinajstić information content (AvgIpc) is 1.19. The molecule has 0 rings (SSSR count). The molecular formula is CH3NNa2O6S. The van der Waals surface area contributed by atoms with Crippen molar-refractivity contribution in [2.45, 2.75) is 0 Å². The third-order valence-corrected chi connectivity index (χ3v) is 0. The molecule has 0 saturated carbocycles. The van der Waals surface area contributed by atoms with Crippen LogP contribution in [-0.4, -0.2) is 19.1 Å². The van der Waals surface area contributed by atoms with E-state index in [0.29, 0.717) is 0 Å². The largest absolute Gasteiger partial charge is 1.00 e. The Labute approximate surface area is 107 Å². The molecule has 0 amide bonds. The van der Waals surface area contributed by atoms with Crippen LogP contribution in [0.25, 0.3) is 0 Å². The van der Waals surface area contributed by atoms with Gasteiger partial charge in [0.05, 0.1) is 0 Å². The standard InChI is InChI=1S/CH2O3.H3NO3S.2Na/c2-1(3)4;1-5(2,3)4;;/h(H2,2,3,4);(H3,1,2,3,4);;/q;;2*+1/p-2. The van der Waals surface area contributed by atoms with Crippen molar-refractivity contribution in [1.29, 1.82) is 0 Å². The van der Waals surface area contributed by atoms with E-state index in [9.17, 15) is 0 Å². The Kier molecular flexibility index (Phi) is 23.0. The third kappa shape index (κ3) is 716. The van der Waals surface area contributed by atoms with Crippen molar-refractivity contribution in [3.8, 4) is 0 Å². The van der Waals surface area contributed by atoms with Gasteiger partial charge in [-0.3, -0.25) is 4.55 Å². The molecule has 0 aliphatic rings. The summed E-state index contributed by atoms with van der Waals surface area (Å²) in [6.45, 7) is 0. The number of hydrogen-bond donors (Lipinski definition) is 2. The molecule has 7 nitrogen and oxygen atoms in total. The van der Waals surface area contributed by atoms with Gasteiger partial charge in [-0.05, 0) is 6.16 Å². The van der Waals surface area contributed by atoms with Crippen LogP contribution in [0.2, 0.25) is 0 Å². The van der Waals surface area contributed by atoms with Crippen LogP contribution in [0.3, 0.4) is 0 Å². The van der Waals surface area contributed by atoms with E-state index in [1.54, 1.807) is 0 Å². The maximum atomic E-state index is 8.97. The summed E-state index contributed by atoms with van der Waals surface area (Å²) in [6.07, 6.45) is -2.33. The van der Waals surface area contributed by atoms with Gasteiger partial charge in [0.25, 0.3) is 0 Å². The van der Waals surface area contributed by atoms with Crippen molar-refractivity contribution >= 4 is 16.5 Å². The molecule has 0 fully saturated rings. The molecule has 0 aliphatic heterocycles. The molecule has 0 heterocycles. The quantitative estimate of drug-likeness (QED) is 0.295. The monoisotopic (exact) mass is 203 g/mol. The maximum Gasteiger partial charge on any atom is 1.00 e. The molecule has 0 aromatic rings. The molecule has 0 atom stereocenters. The summed E-state index contributed by atoms with van der Waals surface area (Å²) >= 11 is 0. The first-order chi connectivity index (χ1) is 3.73. The summed E-state index contributed by atoms with van der Waals surface area (Å²) in [5, 5.41) is 20.5. The summed E-state index contributed by atoms with van der Waals surface area (Å²) in [4.78, 5) is 8.33. The molecule has 0 aromatic heterocycles. The number of nitrogens with two attached hydrogens (primary N) is 1. The minimum Gasteiger partial charge on any atom is -0.652 e. The van der Waals surface area contributed by atoms with Crippen molar-refractivity contribution < 1.29 is 87.1 Å². The van der Waals surface area contributed by atoms with Crippen molar-refractivity contribution in [3.05, 3.63) is 0 Å². The second-order valence-electron chi connectivity index (χ2n) is 0.765. The van der Waals surface area contributed by atoms with Gasteiger partial charge in [-0.15, -0.1) is 0 Å². The van der Waals surface area contributed by atoms with Gasteiger partial charge in [-0.2, -0.15) is 8.42 Å². The minimum atomic E-state index is -4.17. The predicted molar refractivity (Wildman–Crippen MR) is 21.1 cm³/mol. The molecular weight excluding hydrogens is 200 g/mol. The molecule has 0 aromatic carbocycles. The van der Waals surface area contributed by atoms with E-state index < -0.39 is 16.5 Å². The molecule has 11 heavy (non-hydrogen) atoms. The van der Waals surface area contributed by atoms with Crippen molar-refractivity contribution in [1.82, 2.24) is 0 Å². The second-order valence-corrected chi connectivity index (χ2v) is 1.79. The van der Waals surface area contributed by atoms with Crippen LogP contribution in [0, 0.1) is 0 Å². The SMILES string of the molecule is NS(=O)(=O)O.O=C([O-])[O-].[Na+].[Na+]. The van der Waals surface area contributed by atoms with Gasteiger partial charge in [0.1, 0.15) is 0 Å². The first-order valence-electron chi connectivity index (χ1n) is 1.36. The fraction of sp³-hybridized carbons (Fsp3) is 0. The smallest absolute Gasteiger partial charge is 0.652 e. The van der Waals surface area contributed by atoms with Gasteiger partial charge in [-0.1, -0.05) is 0 Å². The second kappa shape index (κ2) is 11.1. The summed E-state index contributed by atoms with van der Waals surface area (Å²) < 4.78 is 25.2. The van der Waals surface area contributed by atoms with E-state index >= 15 is 0 Å². The summed E-state index contributed by atoms with van der Waals surface area (Å²) in [5.74, 6) is 0. The minimum absolute atomic E-state index is 0. The first-order valence-corrected chi connectivity index (χ1v) is 2.87. The fourth-order valence-electron chi connectivity index (χ4n) is 0. The van der Waals surface area contributed by atoms with E-state index in [4.69, 9.17) is 28.0 Å². The Morgan fingerprint density at radius 1 is 1.27 bits per heavy atom. The van der Waals surface area contributed by atoms with Crippen molar-refractivity contribution in [2.75, 3.05) is 0 Å². The van der Waals surface area contributed by atoms with Gasteiger partial charge >= 0.3 is 69.4 Å². The molecule has 0 unspecified atom stereocenters. The van der Waals surface area contributed by atoms with Crippen molar-refractivity contribution in [2.24, 2.45) is 5.14 Å². The predicted octanol–water partition coefficient (Wildman–Crippen LogP) is -9.69. The zero-order valence-electron chi connectivity index (χ0n) is 5.97. The zero-order chi connectivity index (χ0) is 8.08. The van der Waals surface area contributed by atoms with Crippen LogP contribution in [-0.2, 0) is 10.3 Å². The Hall–Kier alpha value is 1.14. The Morgan fingerprint density at radius 3 is 1.27 bits per heavy atom. The van der Waals surface area contributed by atoms with Gasteiger partial charge in [0.15, 0.2) is 0 Å². The van der Waals surface area contributed by atoms with Crippen LogP contribution in [0.15, 0.2) is 0 Å². The van der Waals surface area contributed by atoms with E-state index in [0.717, 1.165) is 0 Å². The molecule has 10 heteroatoms. The number of carboxylic acid groups (broad SMARTS) is 2. The Morgan fingerprint density at radius 2 is 1.27 bits per heavy atom. The molecule has 0 bridgehead atoms. The van der Waals surface area contributed by atoms with E-state index in [1.807, 2.05) is 0 Å². The van der Waals surface area contributed by atoms with Crippen molar-refractivity contribution in [3.63, 3.8) is 0 Å². The summed E-state index contributed by atoms with van der Waals surface area (Å²) in [6, 6.07) is 0. The normalized spacial score (nSPS) is 7.45. The number of carbonyl (C=O) groups excluding carboxylic acids is 1. The van der Waals surface area contributed by atoms with Crippen LogP contribution in [0.1, 0.15) is 0 Å². The van der Waals surface area contributed by atoms with Gasteiger partial charge in [0, 0.05) is 0 Å². The summed E-state index contributed by atoms with van der Waals surface area (Å²) in [5.41, 5.74) is 0. The Balaban J connectivity index is -0.0000000383. The van der Waals surface area contributed by atoms with Gasteiger partial charge in [0.2, 0.25) is 0 Å². The van der Waals surface area contributed by atoms with Gasteiger partial charge < -0.3 is 15.0 Å². The number of rotatable bonds is 0. The molecule has 3 N–H and O–H groups in total. The maximum absolute atomic E-state index is 8.97. The molecule has 0 aliphatic carbocycles. The van der Waals surface area contributed by atoms with Crippen LogP contribution >= 0.6 is 0 Å². The number of carbonyl (C=O) groups is 1. The third-order valence-electron chi connectivity index (χ3n) is 0. The molecule has 56 valence electrons. The van der Waals surface area contributed by atoms with E-state index in [1.165, 1.54) is 0 Å². The van der Waals surface area contributed by atoms with Crippen LogP contribution < -0.4 is 74.5 Å². The zero-order valence-corrected chi connectivity index (χ0v) is 10.8. The Bertz CT molecular complexity index is 163. The molecule has 0 spiro atoms. The molecule has 0 saturated heterocycles. The van der Waals surface area contributed by atoms with Crippen LogP contribution in [0.4, 0.5) is 4.79 Å². The molecule has 0 radical (unpaired) electrons. The van der Waals surface area contributed by atoms with E-state index in [-0.39, 0.29) is 59.1 Å². The fourth-order valence-corrected chi connectivity index (χ4v) is 0. The topological polar surface area (TPSA) is 144 Å². The van der Waals surface area contributed by atoms with E-state index in [2.05, 4.69) is 5.14 Å². The van der Waals surface area contributed by atoms with Crippen LogP contribution in [0.5, 0.6) is 0 Å². The average molecular weight is 203 g/mol. The van der Waals surface area contributed by atoms with Gasteiger partial charge in [-0.25, -0.2) is 5.14 Å². The number of hydrogen-bond acceptors (Lipinski definition) is 5. The summed E-state index contributed by atoms with van der Waals surface area (Å²) in [7, 11) is -4.17.